The molecule has 2 nitrogen and oxygen atoms in total. The van der Waals surface area contributed by atoms with E-state index in [0.717, 1.165) is 23.2 Å². The Morgan fingerprint density at radius 1 is 1.12 bits per heavy atom. The van der Waals surface area contributed by atoms with Gasteiger partial charge in [-0.1, -0.05) is 42.3 Å². The van der Waals surface area contributed by atoms with E-state index in [9.17, 15) is 0 Å². The molecule has 0 spiro atoms. The lowest BCUT2D eigenvalue weighted by atomic mass is 10.1. The van der Waals surface area contributed by atoms with Crippen LogP contribution in [0.2, 0.25) is 10.2 Å². The minimum absolute atomic E-state index is 0.509. The highest BCUT2D eigenvalue weighted by Gasteiger charge is 2.11. The molecule has 1 aromatic carbocycles. The van der Waals surface area contributed by atoms with Crippen molar-refractivity contribution >= 4 is 23.2 Å². The van der Waals surface area contributed by atoms with E-state index in [-0.39, 0.29) is 0 Å². The van der Waals surface area contributed by atoms with Crippen LogP contribution in [0.15, 0.2) is 24.3 Å². The SMILES string of the molecule is CCc1c(C)nc(-c2ccccc2Cl)nc1Cl. The van der Waals surface area contributed by atoms with E-state index in [0.29, 0.717) is 16.0 Å². The largest absolute Gasteiger partial charge is 0.233 e. The van der Waals surface area contributed by atoms with Crippen molar-refractivity contribution in [1.82, 2.24) is 9.97 Å². The molecule has 0 aliphatic carbocycles. The van der Waals surface area contributed by atoms with E-state index in [1.165, 1.54) is 0 Å². The van der Waals surface area contributed by atoms with Crippen molar-refractivity contribution in [1.29, 1.82) is 0 Å². The molecule has 0 aliphatic rings. The lowest BCUT2D eigenvalue weighted by Gasteiger charge is -2.08. The molecule has 0 saturated carbocycles. The van der Waals surface area contributed by atoms with Gasteiger partial charge in [0.15, 0.2) is 5.82 Å². The van der Waals surface area contributed by atoms with Gasteiger partial charge in [-0.15, -0.1) is 0 Å². The number of rotatable bonds is 2. The molecule has 0 amide bonds. The summed E-state index contributed by atoms with van der Waals surface area (Å²) in [7, 11) is 0. The standard InChI is InChI=1S/C13H12Cl2N2/c1-3-9-8(2)16-13(17-12(9)15)10-6-4-5-7-11(10)14/h4-7H,3H2,1-2H3. The summed E-state index contributed by atoms with van der Waals surface area (Å²) < 4.78 is 0. The first-order chi connectivity index (χ1) is 8.13. The molecule has 0 unspecified atom stereocenters. The molecule has 0 aliphatic heterocycles. The second kappa shape index (κ2) is 5.03. The predicted octanol–water partition coefficient (Wildman–Crippen LogP) is 4.32. The topological polar surface area (TPSA) is 25.8 Å². The number of hydrogen-bond acceptors (Lipinski definition) is 2. The van der Waals surface area contributed by atoms with E-state index in [4.69, 9.17) is 23.2 Å². The number of halogens is 2. The van der Waals surface area contributed by atoms with Crippen LogP contribution in [-0.4, -0.2) is 9.97 Å². The Labute approximate surface area is 111 Å². The highest BCUT2D eigenvalue weighted by molar-refractivity contribution is 6.33. The second-order valence-electron chi connectivity index (χ2n) is 3.74. The molecule has 1 aromatic heterocycles. The molecule has 1 heterocycles. The fraction of sp³-hybridized carbons (Fsp3) is 0.231. The van der Waals surface area contributed by atoms with E-state index < -0.39 is 0 Å². The summed E-state index contributed by atoms with van der Waals surface area (Å²) in [5.41, 5.74) is 2.70. The summed E-state index contributed by atoms with van der Waals surface area (Å²) in [6.45, 7) is 3.97. The van der Waals surface area contributed by atoms with E-state index in [1.54, 1.807) is 0 Å². The van der Waals surface area contributed by atoms with Crippen LogP contribution in [0.3, 0.4) is 0 Å². The number of benzene rings is 1. The highest BCUT2D eigenvalue weighted by atomic mass is 35.5. The summed E-state index contributed by atoms with van der Waals surface area (Å²) in [5, 5.41) is 1.14. The van der Waals surface area contributed by atoms with E-state index >= 15 is 0 Å². The molecule has 0 radical (unpaired) electrons. The normalized spacial score (nSPS) is 10.6. The molecule has 88 valence electrons. The van der Waals surface area contributed by atoms with Gasteiger partial charge < -0.3 is 0 Å². The van der Waals surface area contributed by atoms with Gasteiger partial charge in [-0.3, -0.25) is 0 Å². The third-order valence-corrected chi connectivity index (χ3v) is 3.27. The molecular weight excluding hydrogens is 255 g/mol. The van der Waals surface area contributed by atoms with Crippen molar-refractivity contribution in [3.8, 4) is 11.4 Å². The summed E-state index contributed by atoms with van der Waals surface area (Å²) in [4.78, 5) is 8.76. The fourth-order valence-corrected chi connectivity index (χ4v) is 2.30. The van der Waals surface area contributed by atoms with Crippen LogP contribution in [0.4, 0.5) is 0 Å². The number of nitrogens with zero attached hydrogens (tertiary/aromatic N) is 2. The lowest BCUT2D eigenvalue weighted by Crippen LogP contribution is -1.99. The molecule has 0 N–H and O–H groups in total. The van der Waals surface area contributed by atoms with Crippen molar-refractivity contribution in [3.05, 3.63) is 45.7 Å². The Morgan fingerprint density at radius 3 is 2.41 bits per heavy atom. The molecule has 17 heavy (non-hydrogen) atoms. The Balaban J connectivity index is 2.59. The minimum atomic E-state index is 0.509. The van der Waals surface area contributed by atoms with E-state index in [2.05, 4.69) is 9.97 Å². The zero-order valence-electron chi connectivity index (χ0n) is 9.67. The minimum Gasteiger partial charge on any atom is -0.233 e. The zero-order valence-corrected chi connectivity index (χ0v) is 11.2. The predicted molar refractivity (Wildman–Crippen MR) is 71.6 cm³/mol. The third kappa shape index (κ3) is 2.43. The van der Waals surface area contributed by atoms with Crippen LogP contribution >= 0.6 is 23.2 Å². The van der Waals surface area contributed by atoms with Gasteiger partial charge in [0.1, 0.15) is 5.15 Å². The van der Waals surface area contributed by atoms with Crippen molar-refractivity contribution < 1.29 is 0 Å². The molecular formula is C13H12Cl2N2. The van der Waals surface area contributed by atoms with Crippen LogP contribution in [0, 0.1) is 6.92 Å². The van der Waals surface area contributed by atoms with Crippen LogP contribution in [-0.2, 0) is 6.42 Å². The monoisotopic (exact) mass is 266 g/mol. The average molecular weight is 267 g/mol. The Bertz CT molecular complexity index is 530. The van der Waals surface area contributed by atoms with Crippen LogP contribution in [0.5, 0.6) is 0 Å². The van der Waals surface area contributed by atoms with Gasteiger partial charge >= 0.3 is 0 Å². The van der Waals surface area contributed by atoms with Crippen LogP contribution in [0.25, 0.3) is 11.4 Å². The molecule has 0 bridgehead atoms. The average Bonchev–Trinajstić information content (AvgIpc) is 2.29. The van der Waals surface area contributed by atoms with Gasteiger partial charge in [0.05, 0.1) is 5.02 Å². The maximum Gasteiger partial charge on any atom is 0.162 e. The Hall–Kier alpha value is -1.12. The molecule has 2 aromatic rings. The molecule has 0 saturated heterocycles. The Morgan fingerprint density at radius 2 is 1.82 bits per heavy atom. The molecule has 0 fully saturated rings. The first-order valence-electron chi connectivity index (χ1n) is 5.41. The van der Waals surface area contributed by atoms with Crippen molar-refractivity contribution in [2.24, 2.45) is 0 Å². The van der Waals surface area contributed by atoms with Gasteiger partial charge in [-0.2, -0.15) is 0 Å². The van der Waals surface area contributed by atoms with Gasteiger partial charge in [-0.25, -0.2) is 9.97 Å². The van der Waals surface area contributed by atoms with Gasteiger partial charge in [-0.05, 0) is 25.5 Å². The van der Waals surface area contributed by atoms with Crippen molar-refractivity contribution in [3.63, 3.8) is 0 Å². The van der Waals surface area contributed by atoms with Gasteiger partial charge in [0, 0.05) is 16.8 Å². The number of aryl methyl sites for hydroxylation is 1. The quantitative estimate of drug-likeness (QED) is 0.757. The number of aromatic nitrogens is 2. The van der Waals surface area contributed by atoms with Crippen LogP contribution in [0.1, 0.15) is 18.2 Å². The first kappa shape index (κ1) is 12.3. The fourth-order valence-electron chi connectivity index (χ4n) is 1.73. The van der Waals surface area contributed by atoms with Crippen molar-refractivity contribution in [2.75, 3.05) is 0 Å². The van der Waals surface area contributed by atoms with Crippen LogP contribution < -0.4 is 0 Å². The maximum absolute atomic E-state index is 6.14. The molecule has 4 heteroatoms. The second-order valence-corrected chi connectivity index (χ2v) is 4.50. The summed E-state index contributed by atoms with van der Waals surface area (Å²) >= 11 is 12.3. The highest BCUT2D eigenvalue weighted by Crippen LogP contribution is 2.27. The van der Waals surface area contributed by atoms with Gasteiger partial charge in [0.25, 0.3) is 0 Å². The maximum atomic E-state index is 6.14. The van der Waals surface area contributed by atoms with Crippen molar-refractivity contribution in [2.45, 2.75) is 20.3 Å². The molecule has 2 rings (SSSR count). The first-order valence-corrected chi connectivity index (χ1v) is 6.17. The number of hydrogen-bond donors (Lipinski definition) is 0. The smallest absolute Gasteiger partial charge is 0.162 e. The summed E-state index contributed by atoms with van der Waals surface area (Å²) in [6, 6.07) is 7.48. The summed E-state index contributed by atoms with van der Waals surface area (Å²) in [5.74, 6) is 0.579. The molecule has 0 atom stereocenters. The van der Waals surface area contributed by atoms with E-state index in [1.807, 2.05) is 38.1 Å². The zero-order chi connectivity index (χ0) is 12.4. The van der Waals surface area contributed by atoms with Gasteiger partial charge in [0.2, 0.25) is 0 Å². The summed E-state index contributed by atoms with van der Waals surface area (Å²) in [6.07, 6.45) is 0.827. The Kier molecular flexibility index (Phi) is 3.65. The lowest BCUT2D eigenvalue weighted by molar-refractivity contribution is 1.00. The third-order valence-electron chi connectivity index (χ3n) is 2.63.